The first-order valence-electron chi connectivity index (χ1n) is 3.53. The molecular weight excluding hydrogens is 130 g/mol. The van der Waals surface area contributed by atoms with Gasteiger partial charge in [0.25, 0.3) is 0 Å². The van der Waals surface area contributed by atoms with Crippen molar-refractivity contribution in [3.05, 3.63) is 0 Å². The molecule has 0 aliphatic carbocycles. The maximum absolute atomic E-state index is 8.56. The first-order chi connectivity index (χ1) is 4.27. The zero-order chi connectivity index (χ0) is 7.11. The smallest absolute Gasteiger partial charge is 0.156 e. The van der Waals surface area contributed by atoms with Crippen molar-refractivity contribution in [1.29, 1.82) is 0 Å². The van der Waals surface area contributed by atoms with E-state index in [-0.39, 0.29) is 0 Å². The molecule has 0 atom stereocenters. The Hall–Kier alpha value is 0.137. The first kappa shape index (κ1) is 9.14. The quantitative estimate of drug-likeness (QED) is 0.431. The van der Waals surface area contributed by atoms with Gasteiger partial charge in [0.05, 0.1) is 0 Å². The number of rotatable bonds is 5. The molecule has 0 aromatic heterocycles. The van der Waals surface area contributed by atoms with Crippen molar-refractivity contribution >= 4 is 9.76 Å². The fraction of sp³-hybridized carbons (Fsp3) is 1.00. The van der Waals surface area contributed by atoms with Gasteiger partial charge in [-0.3, -0.25) is 0 Å². The molecule has 0 bridgehead atoms. The highest BCUT2D eigenvalue weighted by atomic mass is 28.2. The molecule has 0 aromatic rings. The molecule has 0 rings (SSSR count). The minimum atomic E-state index is -0.649. The molecule has 0 amide bonds. The zero-order valence-electron chi connectivity index (χ0n) is 6.43. The largest absolute Gasteiger partial charge is 0.438 e. The second kappa shape index (κ2) is 6.26. The molecule has 0 saturated heterocycles. The molecule has 2 nitrogen and oxygen atoms in total. The molecular formula is C6H17NOSi. The van der Waals surface area contributed by atoms with Crippen LogP contribution in [0.3, 0.4) is 0 Å². The third-order valence-electron chi connectivity index (χ3n) is 1.26. The second-order valence-corrected chi connectivity index (χ2v) is 3.74. The van der Waals surface area contributed by atoms with Gasteiger partial charge in [0.1, 0.15) is 0 Å². The van der Waals surface area contributed by atoms with Gasteiger partial charge in [0.2, 0.25) is 0 Å². The summed E-state index contributed by atoms with van der Waals surface area (Å²) >= 11 is 0. The van der Waals surface area contributed by atoms with Gasteiger partial charge in [-0.1, -0.05) is 6.42 Å². The van der Waals surface area contributed by atoms with Crippen molar-refractivity contribution in [3.8, 4) is 0 Å². The summed E-state index contributed by atoms with van der Waals surface area (Å²) in [6.07, 6.45) is 2.45. The highest BCUT2D eigenvalue weighted by molar-refractivity contribution is 6.25. The van der Waals surface area contributed by atoms with Crippen molar-refractivity contribution in [2.75, 3.05) is 20.6 Å². The summed E-state index contributed by atoms with van der Waals surface area (Å²) in [6, 6.07) is 1.09. The van der Waals surface area contributed by atoms with Crippen LogP contribution in [0.1, 0.15) is 12.8 Å². The minimum Gasteiger partial charge on any atom is -0.438 e. The predicted octanol–water partition coefficient (Wildman–Crippen LogP) is -0.177. The third kappa shape index (κ3) is 8.14. The number of nitrogens with zero attached hydrogens (tertiary/aromatic N) is 1. The van der Waals surface area contributed by atoms with Crippen molar-refractivity contribution in [1.82, 2.24) is 4.90 Å². The normalized spacial score (nSPS) is 12.0. The lowest BCUT2D eigenvalue weighted by molar-refractivity contribution is 0.397. The maximum Gasteiger partial charge on any atom is 0.156 e. The van der Waals surface area contributed by atoms with E-state index in [9.17, 15) is 0 Å². The monoisotopic (exact) mass is 147 g/mol. The standard InChI is InChI=1S/C6H17NOSi/c1-7(2)5-3-4-6-9-8/h8H,3-6,9H2,1-2H3. The Labute approximate surface area is 59.8 Å². The van der Waals surface area contributed by atoms with Gasteiger partial charge in [-0.15, -0.1) is 0 Å². The van der Waals surface area contributed by atoms with Gasteiger partial charge in [-0.05, 0) is 33.1 Å². The average Bonchev–Trinajstić information content (AvgIpc) is 1.80. The van der Waals surface area contributed by atoms with Crippen LogP contribution in [0.5, 0.6) is 0 Å². The molecule has 3 heteroatoms. The lowest BCUT2D eigenvalue weighted by Gasteiger charge is -2.07. The summed E-state index contributed by atoms with van der Waals surface area (Å²) in [6.45, 7) is 1.16. The van der Waals surface area contributed by atoms with Gasteiger partial charge >= 0.3 is 0 Å². The van der Waals surface area contributed by atoms with E-state index in [1.165, 1.54) is 12.8 Å². The van der Waals surface area contributed by atoms with Crippen molar-refractivity contribution in [3.63, 3.8) is 0 Å². The summed E-state index contributed by atoms with van der Waals surface area (Å²) in [4.78, 5) is 10.7. The zero-order valence-corrected chi connectivity index (χ0v) is 7.84. The summed E-state index contributed by atoms with van der Waals surface area (Å²) in [5, 5.41) is 0. The summed E-state index contributed by atoms with van der Waals surface area (Å²) in [7, 11) is 3.51. The molecule has 0 aromatic carbocycles. The van der Waals surface area contributed by atoms with Crippen LogP contribution in [-0.4, -0.2) is 40.1 Å². The van der Waals surface area contributed by atoms with E-state index >= 15 is 0 Å². The molecule has 1 N–H and O–H groups in total. The van der Waals surface area contributed by atoms with Crippen LogP contribution >= 0.6 is 0 Å². The maximum atomic E-state index is 8.56. The fourth-order valence-electron chi connectivity index (χ4n) is 0.717. The van der Waals surface area contributed by atoms with E-state index in [4.69, 9.17) is 4.80 Å². The Kier molecular flexibility index (Phi) is 6.35. The molecule has 0 saturated carbocycles. The van der Waals surface area contributed by atoms with Crippen molar-refractivity contribution in [2.24, 2.45) is 0 Å². The minimum absolute atomic E-state index is 0.649. The van der Waals surface area contributed by atoms with Crippen LogP contribution in [-0.2, 0) is 0 Å². The molecule has 0 heterocycles. The lowest BCUT2D eigenvalue weighted by atomic mass is 10.3. The van der Waals surface area contributed by atoms with Crippen LogP contribution < -0.4 is 0 Å². The second-order valence-electron chi connectivity index (χ2n) is 2.59. The molecule has 56 valence electrons. The van der Waals surface area contributed by atoms with E-state index < -0.39 is 9.76 Å². The van der Waals surface area contributed by atoms with Crippen LogP contribution in [0.2, 0.25) is 6.04 Å². The predicted molar refractivity (Wildman–Crippen MR) is 43.4 cm³/mol. The Morgan fingerprint density at radius 3 is 2.44 bits per heavy atom. The highest BCUT2D eigenvalue weighted by Gasteiger charge is 1.89. The molecule has 0 aliphatic heterocycles. The van der Waals surface area contributed by atoms with Crippen LogP contribution in [0, 0.1) is 0 Å². The molecule has 0 radical (unpaired) electrons. The van der Waals surface area contributed by atoms with Crippen molar-refractivity contribution in [2.45, 2.75) is 18.9 Å². The Bertz CT molecular complexity index is 59.0. The fourth-order valence-corrected chi connectivity index (χ4v) is 1.29. The van der Waals surface area contributed by atoms with Gasteiger partial charge in [0.15, 0.2) is 9.76 Å². The Morgan fingerprint density at radius 2 is 2.00 bits per heavy atom. The summed E-state index contributed by atoms with van der Waals surface area (Å²) in [5.74, 6) is 0. The van der Waals surface area contributed by atoms with Crippen LogP contribution in [0.25, 0.3) is 0 Å². The molecule has 9 heavy (non-hydrogen) atoms. The van der Waals surface area contributed by atoms with Gasteiger partial charge in [-0.2, -0.15) is 0 Å². The summed E-state index contributed by atoms with van der Waals surface area (Å²) in [5.41, 5.74) is 0. The molecule has 0 spiro atoms. The average molecular weight is 147 g/mol. The molecule has 0 fully saturated rings. The molecule has 0 unspecified atom stereocenters. The third-order valence-corrected chi connectivity index (χ3v) is 2.08. The van der Waals surface area contributed by atoms with E-state index in [0.717, 1.165) is 12.6 Å². The summed E-state index contributed by atoms with van der Waals surface area (Å²) < 4.78 is 0. The lowest BCUT2D eigenvalue weighted by Crippen LogP contribution is -2.12. The Morgan fingerprint density at radius 1 is 1.33 bits per heavy atom. The Balaban J connectivity index is 2.75. The number of unbranched alkanes of at least 4 members (excludes halogenated alkanes) is 1. The van der Waals surface area contributed by atoms with Gasteiger partial charge in [0, 0.05) is 0 Å². The van der Waals surface area contributed by atoms with E-state index in [1.54, 1.807) is 0 Å². The first-order valence-corrected chi connectivity index (χ1v) is 5.16. The van der Waals surface area contributed by atoms with E-state index in [1.807, 2.05) is 0 Å². The highest BCUT2D eigenvalue weighted by Crippen LogP contribution is 1.94. The number of hydrogen-bond donors (Lipinski definition) is 1. The van der Waals surface area contributed by atoms with Gasteiger partial charge in [-0.25, -0.2) is 0 Å². The van der Waals surface area contributed by atoms with Gasteiger partial charge < -0.3 is 9.70 Å². The van der Waals surface area contributed by atoms with Crippen LogP contribution in [0.15, 0.2) is 0 Å². The number of hydrogen-bond acceptors (Lipinski definition) is 2. The SMILES string of the molecule is CN(C)CCCC[SiH2]O. The van der Waals surface area contributed by atoms with E-state index in [0.29, 0.717) is 0 Å². The van der Waals surface area contributed by atoms with Crippen molar-refractivity contribution < 1.29 is 4.80 Å². The van der Waals surface area contributed by atoms with Crippen LogP contribution in [0.4, 0.5) is 0 Å². The van der Waals surface area contributed by atoms with E-state index in [2.05, 4.69) is 19.0 Å². The topological polar surface area (TPSA) is 23.5 Å². The molecule has 0 aliphatic rings.